The van der Waals surface area contributed by atoms with E-state index in [1.807, 2.05) is 0 Å². The van der Waals surface area contributed by atoms with Gasteiger partial charge in [0.15, 0.2) is 0 Å². The van der Waals surface area contributed by atoms with E-state index in [0.29, 0.717) is 21.7 Å². The van der Waals surface area contributed by atoms with Gasteiger partial charge in [-0.2, -0.15) is 0 Å². The number of carbonyl (C=O) groups excluding carboxylic acids is 1. The Kier molecular flexibility index (Phi) is 3.53. The molecule has 0 saturated heterocycles. The number of hydrogen-bond donors (Lipinski definition) is 2. The molecule has 1 aliphatic carbocycles. The van der Waals surface area contributed by atoms with Crippen LogP contribution in [-0.4, -0.2) is 11.9 Å². The van der Waals surface area contributed by atoms with Crippen molar-refractivity contribution in [2.75, 3.05) is 5.73 Å². The molecule has 1 fully saturated rings. The summed E-state index contributed by atoms with van der Waals surface area (Å²) in [6.45, 7) is 4.46. The second-order valence-corrected chi connectivity index (χ2v) is 6.19. The predicted octanol–water partition coefficient (Wildman–Crippen LogP) is 3.23. The Morgan fingerprint density at radius 2 is 2.22 bits per heavy atom. The zero-order valence-corrected chi connectivity index (χ0v) is 11.6. The Balaban J connectivity index is 2.07. The van der Waals surface area contributed by atoms with Gasteiger partial charge in [0.1, 0.15) is 0 Å². The first kappa shape index (κ1) is 13.2. The second kappa shape index (κ2) is 4.81. The SMILES string of the molecule is CC1(C)CCC(NC(=O)c2cccc(Cl)c2N)C1. The van der Waals surface area contributed by atoms with Gasteiger partial charge >= 0.3 is 0 Å². The van der Waals surface area contributed by atoms with E-state index in [-0.39, 0.29) is 11.9 Å². The topological polar surface area (TPSA) is 55.1 Å². The first-order chi connectivity index (χ1) is 8.39. The van der Waals surface area contributed by atoms with Crippen molar-refractivity contribution in [1.29, 1.82) is 0 Å². The number of amides is 1. The first-order valence-electron chi connectivity index (χ1n) is 6.24. The molecule has 0 bridgehead atoms. The Bertz CT molecular complexity index is 471. The average molecular weight is 267 g/mol. The molecule has 1 aromatic rings. The van der Waals surface area contributed by atoms with Gasteiger partial charge in [-0.15, -0.1) is 0 Å². The summed E-state index contributed by atoms with van der Waals surface area (Å²) in [4.78, 5) is 12.1. The van der Waals surface area contributed by atoms with Crippen LogP contribution in [0.4, 0.5) is 5.69 Å². The Labute approximate surface area is 113 Å². The molecule has 2 rings (SSSR count). The van der Waals surface area contributed by atoms with Crippen LogP contribution in [0.15, 0.2) is 18.2 Å². The van der Waals surface area contributed by atoms with Crippen LogP contribution in [0.1, 0.15) is 43.5 Å². The van der Waals surface area contributed by atoms with Crippen LogP contribution in [0.25, 0.3) is 0 Å². The number of carbonyl (C=O) groups is 1. The molecule has 1 saturated carbocycles. The van der Waals surface area contributed by atoms with Crippen LogP contribution in [0, 0.1) is 5.41 Å². The standard InChI is InChI=1S/C14H19ClN2O/c1-14(2)7-6-9(8-14)17-13(18)10-4-3-5-11(15)12(10)16/h3-5,9H,6-8,16H2,1-2H3,(H,17,18). The van der Waals surface area contributed by atoms with Crippen molar-refractivity contribution in [3.8, 4) is 0 Å². The van der Waals surface area contributed by atoms with Crippen LogP contribution in [0.5, 0.6) is 0 Å². The lowest BCUT2D eigenvalue weighted by Gasteiger charge is -2.18. The number of benzene rings is 1. The second-order valence-electron chi connectivity index (χ2n) is 5.78. The first-order valence-corrected chi connectivity index (χ1v) is 6.62. The van der Waals surface area contributed by atoms with E-state index < -0.39 is 0 Å². The molecule has 1 atom stereocenters. The van der Waals surface area contributed by atoms with Gasteiger partial charge in [0.05, 0.1) is 16.3 Å². The molecule has 0 heterocycles. The van der Waals surface area contributed by atoms with Crippen LogP contribution in [0.3, 0.4) is 0 Å². The van der Waals surface area contributed by atoms with E-state index in [4.69, 9.17) is 17.3 Å². The van der Waals surface area contributed by atoms with Crippen LogP contribution in [-0.2, 0) is 0 Å². The molecular formula is C14H19ClN2O. The summed E-state index contributed by atoms with van der Waals surface area (Å²) < 4.78 is 0. The number of para-hydroxylation sites is 1. The third-order valence-electron chi connectivity index (χ3n) is 3.60. The lowest BCUT2D eigenvalue weighted by atomic mass is 9.92. The molecular weight excluding hydrogens is 248 g/mol. The quantitative estimate of drug-likeness (QED) is 0.808. The van der Waals surface area contributed by atoms with Gasteiger partial charge in [-0.25, -0.2) is 0 Å². The molecule has 3 N–H and O–H groups in total. The van der Waals surface area contributed by atoms with E-state index in [1.165, 1.54) is 0 Å². The van der Waals surface area contributed by atoms with E-state index >= 15 is 0 Å². The van der Waals surface area contributed by atoms with Crippen LogP contribution < -0.4 is 11.1 Å². The monoisotopic (exact) mass is 266 g/mol. The van der Waals surface area contributed by atoms with Crippen molar-refractivity contribution in [3.05, 3.63) is 28.8 Å². The third-order valence-corrected chi connectivity index (χ3v) is 3.93. The highest BCUT2D eigenvalue weighted by Gasteiger charge is 2.32. The van der Waals surface area contributed by atoms with E-state index in [2.05, 4.69) is 19.2 Å². The van der Waals surface area contributed by atoms with Gasteiger partial charge in [0.25, 0.3) is 5.91 Å². The zero-order valence-electron chi connectivity index (χ0n) is 10.8. The van der Waals surface area contributed by atoms with Crippen LogP contribution >= 0.6 is 11.6 Å². The van der Waals surface area contributed by atoms with Gasteiger partial charge in [-0.1, -0.05) is 31.5 Å². The molecule has 0 aromatic heterocycles. The summed E-state index contributed by atoms with van der Waals surface area (Å²) in [6, 6.07) is 5.38. The van der Waals surface area contributed by atoms with Crippen molar-refractivity contribution in [2.24, 2.45) is 5.41 Å². The number of nitrogen functional groups attached to an aromatic ring is 1. The molecule has 18 heavy (non-hydrogen) atoms. The minimum atomic E-state index is -0.127. The Hall–Kier alpha value is -1.22. The number of halogens is 1. The van der Waals surface area contributed by atoms with Gasteiger partial charge in [0, 0.05) is 6.04 Å². The molecule has 98 valence electrons. The molecule has 1 aromatic carbocycles. The molecule has 0 spiro atoms. The predicted molar refractivity (Wildman–Crippen MR) is 74.8 cm³/mol. The summed E-state index contributed by atoms with van der Waals surface area (Å²) >= 11 is 5.91. The number of nitrogens with one attached hydrogen (secondary N) is 1. The normalized spacial score (nSPS) is 21.8. The summed E-state index contributed by atoms with van der Waals surface area (Å²) in [6.07, 6.45) is 3.18. The maximum absolute atomic E-state index is 12.1. The zero-order chi connectivity index (χ0) is 13.3. The molecule has 3 nitrogen and oxygen atoms in total. The van der Waals surface area contributed by atoms with Crippen molar-refractivity contribution in [3.63, 3.8) is 0 Å². The fraction of sp³-hybridized carbons (Fsp3) is 0.500. The maximum atomic E-state index is 12.1. The van der Waals surface area contributed by atoms with Gasteiger partial charge in [-0.05, 0) is 36.8 Å². The molecule has 0 aliphatic heterocycles. The molecule has 1 amide bonds. The molecule has 1 aliphatic rings. The van der Waals surface area contributed by atoms with E-state index in [1.54, 1.807) is 18.2 Å². The summed E-state index contributed by atoms with van der Waals surface area (Å²) in [5.74, 6) is -0.127. The van der Waals surface area contributed by atoms with Crippen molar-refractivity contribution < 1.29 is 4.79 Å². The minimum Gasteiger partial charge on any atom is -0.397 e. The minimum absolute atomic E-state index is 0.127. The average Bonchev–Trinajstić information content (AvgIpc) is 2.62. The summed E-state index contributed by atoms with van der Waals surface area (Å²) in [5.41, 5.74) is 6.96. The van der Waals surface area contributed by atoms with E-state index in [9.17, 15) is 4.79 Å². The molecule has 1 unspecified atom stereocenters. The Morgan fingerprint density at radius 1 is 1.50 bits per heavy atom. The van der Waals surface area contributed by atoms with Gasteiger partial charge in [0.2, 0.25) is 0 Å². The molecule has 4 heteroatoms. The lowest BCUT2D eigenvalue weighted by Crippen LogP contribution is -2.33. The Morgan fingerprint density at radius 3 is 2.83 bits per heavy atom. The van der Waals surface area contributed by atoms with Gasteiger partial charge < -0.3 is 11.1 Å². The molecule has 0 radical (unpaired) electrons. The van der Waals surface area contributed by atoms with Gasteiger partial charge in [-0.3, -0.25) is 4.79 Å². The van der Waals surface area contributed by atoms with Crippen molar-refractivity contribution >= 4 is 23.2 Å². The highest BCUT2D eigenvalue weighted by atomic mass is 35.5. The highest BCUT2D eigenvalue weighted by Crippen LogP contribution is 2.37. The van der Waals surface area contributed by atoms with Crippen molar-refractivity contribution in [2.45, 2.75) is 39.2 Å². The highest BCUT2D eigenvalue weighted by molar-refractivity contribution is 6.33. The summed E-state index contributed by atoms with van der Waals surface area (Å²) in [7, 11) is 0. The fourth-order valence-electron chi connectivity index (χ4n) is 2.56. The van der Waals surface area contributed by atoms with E-state index in [0.717, 1.165) is 19.3 Å². The number of nitrogens with two attached hydrogens (primary N) is 1. The largest absolute Gasteiger partial charge is 0.397 e. The smallest absolute Gasteiger partial charge is 0.253 e. The maximum Gasteiger partial charge on any atom is 0.253 e. The lowest BCUT2D eigenvalue weighted by molar-refractivity contribution is 0.0937. The number of hydrogen-bond acceptors (Lipinski definition) is 2. The third kappa shape index (κ3) is 2.78. The number of rotatable bonds is 2. The van der Waals surface area contributed by atoms with Crippen molar-refractivity contribution in [1.82, 2.24) is 5.32 Å². The number of anilines is 1. The fourth-order valence-corrected chi connectivity index (χ4v) is 2.73. The summed E-state index contributed by atoms with van der Waals surface area (Å²) in [5, 5.41) is 3.47. The van der Waals surface area contributed by atoms with Crippen LogP contribution in [0.2, 0.25) is 5.02 Å².